The van der Waals surface area contributed by atoms with E-state index in [1.165, 1.54) is 4.52 Å². The minimum Gasteiger partial charge on any atom is -0.454 e. The van der Waals surface area contributed by atoms with Gasteiger partial charge in [-0.05, 0) is 84.3 Å². The highest BCUT2D eigenvalue weighted by Crippen LogP contribution is 2.37. The summed E-state index contributed by atoms with van der Waals surface area (Å²) in [5.74, 6) is 0. The van der Waals surface area contributed by atoms with Crippen LogP contribution in [-0.4, -0.2) is 13.6 Å². The smallest absolute Gasteiger partial charge is 0.282 e. The van der Waals surface area contributed by atoms with Gasteiger partial charge in [0.1, 0.15) is 11.1 Å². The van der Waals surface area contributed by atoms with Crippen molar-refractivity contribution in [3.8, 4) is 16.8 Å². The average molecular weight is 582 g/mol. The molecule has 0 amide bonds. The van der Waals surface area contributed by atoms with Gasteiger partial charge in [0.05, 0.1) is 27.3 Å². The van der Waals surface area contributed by atoms with E-state index in [1.807, 2.05) is 49.4 Å². The molecule has 0 aliphatic carbocycles. The molecule has 0 spiro atoms. The molecule has 10 rings (SSSR count). The summed E-state index contributed by atoms with van der Waals surface area (Å²) in [6.45, 7) is 2.00. The van der Waals surface area contributed by atoms with E-state index in [-0.39, 0.29) is 11.1 Å². The van der Waals surface area contributed by atoms with Gasteiger partial charge in [0, 0.05) is 27.2 Å². The van der Waals surface area contributed by atoms with Crippen LogP contribution in [0.3, 0.4) is 0 Å². The van der Waals surface area contributed by atoms with E-state index in [0.717, 1.165) is 60.5 Å². The van der Waals surface area contributed by atoms with E-state index < -0.39 is 0 Å². The van der Waals surface area contributed by atoms with E-state index in [9.17, 15) is 9.59 Å². The molecule has 212 valence electrons. The molecule has 6 nitrogen and oxygen atoms in total. The first-order valence-corrected chi connectivity index (χ1v) is 15.0. The number of nitrogens with zero attached hydrogens (tertiary/aromatic N) is 3. The summed E-state index contributed by atoms with van der Waals surface area (Å²) in [6.07, 6.45) is 0. The van der Waals surface area contributed by atoms with Gasteiger partial charge in [-0.3, -0.25) is 9.59 Å². The molecular formula is C39H23N3O3. The molecular weight excluding hydrogens is 558 g/mol. The zero-order chi connectivity index (χ0) is 30.0. The van der Waals surface area contributed by atoms with Crippen LogP contribution in [0.2, 0.25) is 0 Å². The molecule has 0 saturated heterocycles. The lowest BCUT2D eigenvalue weighted by Crippen LogP contribution is -2.21. The molecule has 0 N–H and O–H groups in total. The first-order valence-electron chi connectivity index (χ1n) is 15.0. The second-order valence-electron chi connectivity index (χ2n) is 11.8. The Morgan fingerprint density at radius 1 is 0.511 bits per heavy atom. The van der Waals surface area contributed by atoms with Crippen molar-refractivity contribution >= 4 is 65.6 Å². The van der Waals surface area contributed by atoms with Gasteiger partial charge >= 0.3 is 0 Å². The average Bonchev–Trinajstić information content (AvgIpc) is 3.78. The second kappa shape index (κ2) is 8.49. The highest BCUT2D eigenvalue weighted by atomic mass is 16.3. The largest absolute Gasteiger partial charge is 0.454 e. The van der Waals surface area contributed by atoms with E-state index in [1.54, 1.807) is 10.6 Å². The Balaban J connectivity index is 1.25. The monoisotopic (exact) mass is 581 g/mol. The summed E-state index contributed by atoms with van der Waals surface area (Å²) in [4.78, 5) is 27.7. The Morgan fingerprint density at radius 2 is 1.20 bits per heavy atom. The lowest BCUT2D eigenvalue weighted by Gasteiger charge is -2.09. The first-order chi connectivity index (χ1) is 22.1. The van der Waals surface area contributed by atoms with Crippen molar-refractivity contribution in [2.24, 2.45) is 0 Å². The Kier molecular flexibility index (Phi) is 4.59. The summed E-state index contributed by atoms with van der Waals surface area (Å²) < 4.78 is 11.6. The Hall–Kier alpha value is -6.14. The number of aryl methyl sites for hydroxylation is 1. The minimum atomic E-state index is -0.343. The molecule has 0 atom stereocenters. The van der Waals surface area contributed by atoms with Gasteiger partial charge < -0.3 is 8.98 Å². The predicted molar refractivity (Wildman–Crippen MR) is 181 cm³/mol. The molecule has 0 aliphatic rings. The lowest BCUT2D eigenvalue weighted by atomic mass is 9.99. The number of fused-ring (bicyclic) bond motifs is 12. The van der Waals surface area contributed by atoms with E-state index >= 15 is 0 Å². The highest BCUT2D eigenvalue weighted by Gasteiger charge is 2.23. The van der Waals surface area contributed by atoms with Crippen LogP contribution >= 0.6 is 0 Å². The summed E-state index contributed by atoms with van der Waals surface area (Å²) in [6, 6.07) is 40.9. The lowest BCUT2D eigenvalue weighted by molar-refractivity contribution is 0.670. The van der Waals surface area contributed by atoms with Crippen LogP contribution < -0.4 is 11.1 Å². The number of hydrogen-bond acceptors (Lipinski definition) is 3. The van der Waals surface area contributed by atoms with Gasteiger partial charge in [-0.1, -0.05) is 60.7 Å². The van der Waals surface area contributed by atoms with Gasteiger partial charge in [0.2, 0.25) is 0 Å². The van der Waals surface area contributed by atoms with Crippen molar-refractivity contribution in [2.45, 2.75) is 6.92 Å². The number of aromatic nitrogens is 3. The maximum Gasteiger partial charge on any atom is 0.282 e. The number of rotatable bonds is 2. The molecule has 0 aliphatic heterocycles. The quantitative estimate of drug-likeness (QED) is 0.206. The van der Waals surface area contributed by atoms with Crippen molar-refractivity contribution in [1.82, 2.24) is 13.6 Å². The Bertz CT molecular complexity index is 2980. The van der Waals surface area contributed by atoms with Crippen molar-refractivity contribution in [3.63, 3.8) is 0 Å². The standard InChI is InChI=1S/C39H23N3O3/c1-22-19-24(23-15-18-33-30(20-23)26-11-5-7-13-32(26)40(33)25-9-3-2-4-10-25)21-31-35(22)41-36-29(38(43)42(41)39(31)44)17-16-28-27-12-6-8-14-34(27)45-37(28)36/h2-21H,1H3. The molecule has 6 aromatic carbocycles. The van der Waals surface area contributed by atoms with Gasteiger partial charge in [-0.15, -0.1) is 0 Å². The third-order valence-corrected chi connectivity index (χ3v) is 9.31. The molecule has 6 heteroatoms. The third-order valence-electron chi connectivity index (χ3n) is 9.31. The highest BCUT2D eigenvalue weighted by molar-refractivity contribution is 6.15. The Labute approximate surface area is 254 Å². The molecule has 0 unspecified atom stereocenters. The topological polar surface area (TPSA) is 61.0 Å². The third kappa shape index (κ3) is 3.07. The molecule has 0 bridgehead atoms. The molecule has 4 aromatic heterocycles. The second-order valence-corrected chi connectivity index (χ2v) is 11.8. The number of para-hydroxylation sites is 3. The van der Waals surface area contributed by atoms with Gasteiger partial charge in [0.25, 0.3) is 11.1 Å². The van der Waals surface area contributed by atoms with Crippen LogP contribution in [0.5, 0.6) is 0 Å². The fourth-order valence-electron chi connectivity index (χ4n) is 7.37. The maximum absolute atomic E-state index is 14.0. The normalized spacial score (nSPS) is 12.3. The molecule has 10 aromatic rings. The Morgan fingerprint density at radius 3 is 2.07 bits per heavy atom. The number of benzene rings is 6. The predicted octanol–water partition coefficient (Wildman–Crippen LogP) is 8.48. The number of furan rings is 1. The minimum absolute atomic E-state index is 0.331. The van der Waals surface area contributed by atoms with E-state index in [2.05, 4.69) is 77.4 Å². The zero-order valence-corrected chi connectivity index (χ0v) is 24.1. The van der Waals surface area contributed by atoms with E-state index in [4.69, 9.17) is 4.42 Å². The van der Waals surface area contributed by atoms with Gasteiger partial charge in [-0.25, -0.2) is 4.52 Å². The first kappa shape index (κ1) is 24.3. The van der Waals surface area contributed by atoms with Crippen LogP contribution in [0.1, 0.15) is 5.56 Å². The van der Waals surface area contributed by atoms with Crippen molar-refractivity contribution in [3.05, 3.63) is 148 Å². The molecule has 0 saturated carbocycles. The molecule has 4 heterocycles. The van der Waals surface area contributed by atoms with Crippen LogP contribution in [0.25, 0.3) is 82.4 Å². The van der Waals surface area contributed by atoms with Crippen molar-refractivity contribution in [1.29, 1.82) is 0 Å². The SMILES string of the molecule is Cc1cc(-c2ccc3c(c2)c2ccccc2n3-c2ccccc2)cc2c(=O)n3c(=O)c4ccc5c6ccccc6oc5c4n3c12. The molecule has 45 heavy (non-hydrogen) atoms. The summed E-state index contributed by atoms with van der Waals surface area (Å²) >= 11 is 0. The van der Waals surface area contributed by atoms with Crippen molar-refractivity contribution < 1.29 is 4.42 Å². The summed E-state index contributed by atoms with van der Waals surface area (Å²) in [5.41, 5.74) is 8.20. The fraction of sp³-hybridized carbons (Fsp3) is 0.0256. The van der Waals surface area contributed by atoms with Crippen LogP contribution in [0, 0.1) is 6.92 Å². The van der Waals surface area contributed by atoms with Gasteiger partial charge in [0.15, 0.2) is 5.58 Å². The van der Waals surface area contributed by atoms with Crippen LogP contribution in [0.4, 0.5) is 0 Å². The summed E-state index contributed by atoms with van der Waals surface area (Å²) in [7, 11) is 0. The van der Waals surface area contributed by atoms with Crippen LogP contribution in [-0.2, 0) is 0 Å². The summed E-state index contributed by atoms with van der Waals surface area (Å²) in [5, 5.41) is 5.15. The van der Waals surface area contributed by atoms with Crippen molar-refractivity contribution in [2.75, 3.05) is 0 Å². The van der Waals surface area contributed by atoms with Gasteiger partial charge in [-0.2, -0.15) is 4.52 Å². The number of hydrogen-bond donors (Lipinski definition) is 0. The van der Waals surface area contributed by atoms with E-state index in [0.29, 0.717) is 27.4 Å². The maximum atomic E-state index is 14.0. The molecule has 0 radical (unpaired) electrons. The molecule has 0 fully saturated rings. The van der Waals surface area contributed by atoms with Crippen LogP contribution in [0.15, 0.2) is 135 Å². The zero-order valence-electron chi connectivity index (χ0n) is 24.1. The fourth-order valence-corrected chi connectivity index (χ4v) is 7.37.